The lowest BCUT2D eigenvalue weighted by atomic mass is 10.0. The summed E-state index contributed by atoms with van der Waals surface area (Å²) < 4.78 is 1.45. The van der Waals surface area contributed by atoms with Crippen LogP contribution in [0.25, 0.3) is 11.3 Å². The lowest BCUT2D eigenvalue weighted by molar-refractivity contribution is 0.166. The fraction of sp³-hybridized carbons (Fsp3) is 0.550. The van der Waals surface area contributed by atoms with Crippen LogP contribution in [0.5, 0.6) is 5.75 Å². The van der Waals surface area contributed by atoms with E-state index in [2.05, 4.69) is 20.4 Å². The molecule has 1 saturated heterocycles. The minimum Gasteiger partial charge on any atom is -0.507 e. The van der Waals surface area contributed by atoms with Crippen LogP contribution >= 0.6 is 0 Å². The fourth-order valence-electron chi connectivity index (χ4n) is 3.88. The van der Waals surface area contributed by atoms with Crippen molar-refractivity contribution in [1.82, 2.24) is 19.7 Å². The molecule has 1 aliphatic carbocycles. The molecule has 28 heavy (non-hydrogen) atoms. The summed E-state index contributed by atoms with van der Waals surface area (Å²) in [5, 5.41) is 31.2. The van der Waals surface area contributed by atoms with Crippen molar-refractivity contribution in [3.05, 3.63) is 34.1 Å². The lowest BCUT2D eigenvalue weighted by Crippen LogP contribution is -2.44. The maximum Gasteiger partial charge on any atom is 0.281 e. The highest BCUT2D eigenvalue weighted by atomic mass is 16.3. The van der Waals surface area contributed by atoms with E-state index in [1.807, 2.05) is 6.07 Å². The molecule has 1 aromatic heterocycles. The summed E-state index contributed by atoms with van der Waals surface area (Å²) in [6, 6.07) is 5.60. The van der Waals surface area contributed by atoms with E-state index < -0.39 is 0 Å². The van der Waals surface area contributed by atoms with Gasteiger partial charge in [-0.3, -0.25) is 14.3 Å². The van der Waals surface area contributed by atoms with E-state index in [9.17, 15) is 9.90 Å². The van der Waals surface area contributed by atoms with Crippen LogP contribution in [0.3, 0.4) is 0 Å². The van der Waals surface area contributed by atoms with E-state index in [4.69, 9.17) is 5.11 Å². The number of aromatic hydroxyl groups is 1. The monoisotopic (exact) mass is 385 g/mol. The Hall–Kier alpha value is -2.45. The van der Waals surface area contributed by atoms with Crippen LogP contribution in [0.1, 0.15) is 37.2 Å². The van der Waals surface area contributed by atoms with Gasteiger partial charge in [0.05, 0.1) is 6.61 Å². The number of rotatable bonds is 6. The van der Waals surface area contributed by atoms with E-state index in [-0.39, 0.29) is 29.7 Å². The molecule has 1 aromatic carbocycles. The number of β-amino-alcohol motifs (C(OH)–C–C–N with tert-alkyl or cyclic N) is 1. The highest BCUT2D eigenvalue weighted by Crippen LogP contribution is 2.42. The molecule has 0 radical (unpaired) electrons. The molecule has 2 aliphatic rings. The summed E-state index contributed by atoms with van der Waals surface area (Å²) in [7, 11) is 1.66. The topological polar surface area (TPSA) is 104 Å². The van der Waals surface area contributed by atoms with Gasteiger partial charge in [0.25, 0.3) is 5.56 Å². The van der Waals surface area contributed by atoms with Gasteiger partial charge in [0.1, 0.15) is 5.75 Å². The molecule has 8 heteroatoms. The number of aliphatic hydroxyl groups is 1. The van der Waals surface area contributed by atoms with Gasteiger partial charge in [-0.05, 0) is 55.8 Å². The van der Waals surface area contributed by atoms with Gasteiger partial charge in [0, 0.05) is 31.7 Å². The molecule has 1 aliphatic heterocycles. The SMILES string of the molecule is Cn1c(N[C@@H]2CCCN(CCO)C2)nnc(-c2ccc(C3CC3)cc2O)c1=O. The Balaban J connectivity index is 1.54. The van der Waals surface area contributed by atoms with E-state index in [1.54, 1.807) is 19.2 Å². The smallest absolute Gasteiger partial charge is 0.281 e. The van der Waals surface area contributed by atoms with Crippen LogP contribution < -0.4 is 10.9 Å². The van der Waals surface area contributed by atoms with Crippen molar-refractivity contribution in [2.45, 2.75) is 37.6 Å². The number of likely N-dealkylation sites (tertiary alicyclic amines) is 1. The number of hydrogen-bond acceptors (Lipinski definition) is 7. The molecular formula is C20H27N5O3. The fourth-order valence-corrected chi connectivity index (χ4v) is 3.88. The van der Waals surface area contributed by atoms with Gasteiger partial charge in [0.15, 0.2) is 5.69 Å². The van der Waals surface area contributed by atoms with Gasteiger partial charge >= 0.3 is 0 Å². The third kappa shape index (κ3) is 3.88. The summed E-state index contributed by atoms with van der Waals surface area (Å²) >= 11 is 0. The maximum absolute atomic E-state index is 12.8. The molecule has 150 valence electrons. The minimum absolute atomic E-state index is 0.0726. The standard InChI is InChI=1S/C20H27N5O3/c1-24-19(28)18(16-7-6-14(11-17(16)27)13-4-5-13)22-23-20(24)21-15-3-2-8-25(12-15)9-10-26/h6-7,11,13,15,26-27H,2-5,8-10,12H2,1H3,(H,21,23)/t15-/m1/s1. The van der Waals surface area contributed by atoms with Crippen molar-refractivity contribution in [3.63, 3.8) is 0 Å². The number of aromatic nitrogens is 3. The molecule has 1 saturated carbocycles. The Morgan fingerprint density at radius 3 is 2.79 bits per heavy atom. The van der Waals surface area contributed by atoms with Gasteiger partial charge in [-0.2, -0.15) is 0 Å². The number of nitrogens with one attached hydrogen (secondary N) is 1. The Morgan fingerprint density at radius 2 is 2.07 bits per heavy atom. The first-order valence-electron chi connectivity index (χ1n) is 9.93. The molecule has 0 unspecified atom stereocenters. The zero-order valence-corrected chi connectivity index (χ0v) is 16.1. The second-order valence-electron chi connectivity index (χ2n) is 7.79. The van der Waals surface area contributed by atoms with Crippen molar-refractivity contribution < 1.29 is 10.2 Å². The number of anilines is 1. The highest BCUT2D eigenvalue weighted by molar-refractivity contribution is 5.67. The van der Waals surface area contributed by atoms with Crippen LogP contribution in [0, 0.1) is 0 Å². The predicted octanol–water partition coefficient (Wildman–Crippen LogP) is 1.29. The van der Waals surface area contributed by atoms with Crippen molar-refractivity contribution in [1.29, 1.82) is 0 Å². The van der Waals surface area contributed by atoms with Gasteiger partial charge < -0.3 is 15.5 Å². The third-order valence-electron chi connectivity index (χ3n) is 5.65. The summed E-state index contributed by atoms with van der Waals surface area (Å²) in [6.07, 6.45) is 4.30. The first-order chi connectivity index (χ1) is 13.6. The highest BCUT2D eigenvalue weighted by Gasteiger charge is 2.25. The first-order valence-corrected chi connectivity index (χ1v) is 9.93. The van der Waals surface area contributed by atoms with Crippen molar-refractivity contribution >= 4 is 5.95 Å². The quantitative estimate of drug-likeness (QED) is 0.688. The number of phenols is 1. The van der Waals surface area contributed by atoms with Crippen LogP contribution in [0.2, 0.25) is 0 Å². The van der Waals surface area contributed by atoms with Gasteiger partial charge in [-0.25, -0.2) is 0 Å². The summed E-state index contributed by atoms with van der Waals surface area (Å²) in [5.74, 6) is 1.02. The average molecular weight is 385 g/mol. The molecule has 2 fully saturated rings. The van der Waals surface area contributed by atoms with E-state index >= 15 is 0 Å². The van der Waals surface area contributed by atoms with E-state index in [1.165, 1.54) is 4.57 Å². The Kier molecular flexibility index (Phi) is 5.32. The largest absolute Gasteiger partial charge is 0.507 e. The zero-order valence-electron chi connectivity index (χ0n) is 16.1. The number of aliphatic hydroxyl groups excluding tert-OH is 1. The number of hydrogen-bond donors (Lipinski definition) is 3. The number of piperidine rings is 1. The van der Waals surface area contributed by atoms with Gasteiger partial charge in [-0.15, -0.1) is 10.2 Å². The predicted molar refractivity (Wildman–Crippen MR) is 107 cm³/mol. The number of phenolic OH excluding ortho intramolecular Hbond substituents is 1. The van der Waals surface area contributed by atoms with Crippen molar-refractivity contribution in [2.75, 3.05) is 31.6 Å². The molecule has 3 N–H and O–H groups in total. The summed E-state index contributed by atoms with van der Waals surface area (Å²) in [4.78, 5) is 15.0. The van der Waals surface area contributed by atoms with Crippen LogP contribution in [-0.4, -0.2) is 62.2 Å². The molecule has 2 aromatic rings. The lowest BCUT2D eigenvalue weighted by Gasteiger charge is -2.32. The second-order valence-corrected chi connectivity index (χ2v) is 7.79. The van der Waals surface area contributed by atoms with E-state index in [0.717, 1.165) is 44.3 Å². The van der Waals surface area contributed by atoms with Crippen LogP contribution in [-0.2, 0) is 7.05 Å². The Morgan fingerprint density at radius 1 is 1.25 bits per heavy atom. The summed E-state index contributed by atoms with van der Waals surface area (Å²) in [6.45, 7) is 2.56. The third-order valence-corrected chi connectivity index (χ3v) is 5.65. The second kappa shape index (κ2) is 7.89. The number of nitrogens with zero attached hydrogens (tertiary/aromatic N) is 4. The molecule has 4 rings (SSSR count). The van der Waals surface area contributed by atoms with Gasteiger partial charge in [-0.1, -0.05) is 6.07 Å². The van der Waals surface area contributed by atoms with Crippen molar-refractivity contribution in [3.8, 4) is 17.0 Å². The molecular weight excluding hydrogens is 358 g/mol. The molecule has 0 spiro atoms. The first kappa shape index (κ1) is 18.9. The number of benzene rings is 1. The Bertz CT molecular complexity index is 907. The average Bonchev–Trinajstić information content (AvgIpc) is 3.52. The van der Waals surface area contributed by atoms with Crippen LogP contribution in [0.15, 0.2) is 23.0 Å². The maximum atomic E-state index is 12.8. The van der Waals surface area contributed by atoms with Crippen molar-refractivity contribution in [2.24, 2.45) is 7.05 Å². The molecule has 0 bridgehead atoms. The minimum atomic E-state index is -0.296. The summed E-state index contributed by atoms with van der Waals surface area (Å²) in [5.41, 5.74) is 1.37. The molecule has 8 nitrogen and oxygen atoms in total. The normalized spacial score (nSPS) is 20.3. The molecule has 2 heterocycles. The Labute approximate surface area is 163 Å². The zero-order chi connectivity index (χ0) is 19.7. The van der Waals surface area contributed by atoms with Crippen LogP contribution in [0.4, 0.5) is 5.95 Å². The van der Waals surface area contributed by atoms with Gasteiger partial charge in [0.2, 0.25) is 5.95 Å². The van der Waals surface area contributed by atoms with E-state index in [0.29, 0.717) is 24.0 Å². The molecule has 0 amide bonds. The molecule has 1 atom stereocenters.